The Kier molecular flexibility index (Phi) is 12.8. The van der Waals surface area contributed by atoms with Gasteiger partial charge in [0.15, 0.2) is 0 Å². The van der Waals surface area contributed by atoms with E-state index >= 15 is 0 Å². The first kappa shape index (κ1) is 25.7. The molecule has 0 saturated heterocycles. The van der Waals surface area contributed by atoms with Crippen LogP contribution in [0.4, 0.5) is 0 Å². The highest BCUT2D eigenvalue weighted by Crippen LogP contribution is 2.11. The quantitative estimate of drug-likeness (QED) is 0.267. The highest BCUT2D eigenvalue weighted by atomic mass is 32.2. The predicted molar refractivity (Wildman–Crippen MR) is 99.1 cm³/mol. The summed E-state index contributed by atoms with van der Waals surface area (Å²) in [5.74, 6) is -0.937. The van der Waals surface area contributed by atoms with Crippen LogP contribution >= 0.6 is 0 Å². The van der Waals surface area contributed by atoms with Gasteiger partial charge in [-0.3, -0.25) is 4.55 Å². The Morgan fingerprint density at radius 2 is 1.38 bits per heavy atom. The zero-order valence-corrected chi connectivity index (χ0v) is 17.3. The molecule has 0 aliphatic carbocycles. The fourth-order valence-corrected chi connectivity index (χ4v) is 3.29. The van der Waals surface area contributed by atoms with Gasteiger partial charge in [0.1, 0.15) is 12.5 Å². The van der Waals surface area contributed by atoms with E-state index in [0.29, 0.717) is 6.42 Å². The zero-order valence-electron chi connectivity index (χ0n) is 16.5. The lowest BCUT2D eigenvalue weighted by Gasteiger charge is -2.23. The molecule has 0 rings (SSSR count). The van der Waals surface area contributed by atoms with E-state index in [-0.39, 0.29) is 44.4 Å². The summed E-state index contributed by atoms with van der Waals surface area (Å²) >= 11 is 0. The van der Waals surface area contributed by atoms with Gasteiger partial charge in [0, 0.05) is 5.92 Å². The smallest absolute Gasteiger partial charge is 0.265 e. The van der Waals surface area contributed by atoms with Gasteiger partial charge in [-0.1, -0.05) is 0 Å². The lowest BCUT2D eigenvalue weighted by atomic mass is 10.2. The molecule has 5 N–H and O–H groups in total. The average Bonchev–Trinajstić information content (AvgIpc) is 2.41. The van der Waals surface area contributed by atoms with Crippen LogP contribution in [0.3, 0.4) is 0 Å². The van der Waals surface area contributed by atoms with E-state index in [1.54, 1.807) is 20.8 Å². The van der Waals surface area contributed by atoms with Gasteiger partial charge in [0.25, 0.3) is 10.1 Å². The molecule has 6 unspecified atom stereocenters. The van der Waals surface area contributed by atoms with Crippen molar-refractivity contribution in [2.24, 2.45) is 17.4 Å². The molecule has 0 heterocycles. The third-order valence-electron chi connectivity index (χ3n) is 3.33. The standard InChI is InChI=1S/C16H36N2O7S/c1-11(6-12(2)24-14(4)17)23-9-16(10-26(19,20)21)8-22-7-13(3)25-15(5)18/h11-16H,6-10,17-18H2,1-5H3,(H,19,20,21). The van der Waals surface area contributed by atoms with Crippen LogP contribution < -0.4 is 11.5 Å². The second-order valence-electron chi connectivity index (χ2n) is 6.84. The summed E-state index contributed by atoms with van der Waals surface area (Å²) in [7, 11) is -4.13. The molecule has 6 atom stereocenters. The molecule has 0 bridgehead atoms. The van der Waals surface area contributed by atoms with Gasteiger partial charge in [-0.25, -0.2) is 0 Å². The van der Waals surface area contributed by atoms with Gasteiger partial charge < -0.3 is 30.4 Å². The van der Waals surface area contributed by atoms with Crippen molar-refractivity contribution in [1.82, 2.24) is 0 Å². The minimum atomic E-state index is -4.13. The molecule has 158 valence electrons. The Morgan fingerprint density at radius 1 is 0.846 bits per heavy atom. The first-order valence-electron chi connectivity index (χ1n) is 8.85. The lowest BCUT2D eigenvalue weighted by molar-refractivity contribution is -0.0596. The van der Waals surface area contributed by atoms with Gasteiger partial charge in [-0.15, -0.1) is 0 Å². The monoisotopic (exact) mass is 400 g/mol. The van der Waals surface area contributed by atoms with Crippen molar-refractivity contribution in [3.8, 4) is 0 Å². The van der Waals surface area contributed by atoms with Crippen molar-refractivity contribution in [3.63, 3.8) is 0 Å². The van der Waals surface area contributed by atoms with Gasteiger partial charge in [-0.2, -0.15) is 8.42 Å². The topological polar surface area (TPSA) is 143 Å². The van der Waals surface area contributed by atoms with Crippen LogP contribution in [0.2, 0.25) is 0 Å². The maximum absolute atomic E-state index is 11.2. The Hall–Kier alpha value is -0.330. The van der Waals surface area contributed by atoms with E-state index in [2.05, 4.69) is 0 Å². The van der Waals surface area contributed by atoms with E-state index < -0.39 is 28.0 Å². The molecule has 0 aromatic rings. The molecule has 26 heavy (non-hydrogen) atoms. The molecule has 0 aromatic heterocycles. The molecule has 10 heteroatoms. The average molecular weight is 401 g/mol. The highest BCUT2D eigenvalue weighted by Gasteiger charge is 2.20. The van der Waals surface area contributed by atoms with E-state index in [4.69, 9.17) is 35.0 Å². The third kappa shape index (κ3) is 15.9. The maximum Gasteiger partial charge on any atom is 0.265 e. The lowest BCUT2D eigenvalue weighted by Crippen LogP contribution is -2.32. The molecule has 0 spiro atoms. The van der Waals surface area contributed by atoms with Crippen LogP contribution in [0, 0.1) is 5.92 Å². The molecular formula is C16H36N2O7S. The fourth-order valence-electron chi connectivity index (χ4n) is 2.51. The van der Waals surface area contributed by atoms with Gasteiger partial charge in [0.05, 0.1) is 43.9 Å². The first-order chi connectivity index (χ1) is 11.9. The predicted octanol–water partition coefficient (Wildman–Crippen LogP) is 0.722. The van der Waals surface area contributed by atoms with Crippen LogP contribution in [0.25, 0.3) is 0 Å². The number of rotatable bonds is 15. The minimum absolute atomic E-state index is 0.0856. The van der Waals surface area contributed by atoms with Crippen molar-refractivity contribution in [3.05, 3.63) is 0 Å². The van der Waals surface area contributed by atoms with Gasteiger partial charge in [0.2, 0.25) is 0 Å². The highest BCUT2D eigenvalue weighted by molar-refractivity contribution is 7.85. The summed E-state index contributed by atoms with van der Waals surface area (Å²) in [6.45, 7) is 9.53. The van der Waals surface area contributed by atoms with Gasteiger partial charge in [-0.05, 0) is 41.0 Å². The van der Waals surface area contributed by atoms with Crippen molar-refractivity contribution in [2.45, 2.75) is 71.8 Å². The molecule has 0 radical (unpaired) electrons. The normalized spacial score (nSPS) is 19.5. The fraction of sp³-hybridized carbons (Fsp3) is 1.00. The summed E-state index contributed by atoms with van der Waals surface area (Å²) in [5, 5.41) is 0. The Bertz CT molecular complexity index is 460. The third-order valence-corrected chi connectivity index (χ3v) is 4.22. The molecule has 9 nitrogen and oxygen atoms in total. The maximum atomic E-state index is 11.2. The Balaban J connectivity index is 4.38. The summed E-state index contributed by atoms with van der Waals surface area (Å²) in [4.78, 5) is 0. The van der Waals surface area contributed by atoms with Crippen molar-refractivity contribution < 1.29 is 31.9 Å². The van der Waals surface area contributed by atoms with Crippen LogP contribution in [0.5, 0.6) is 0 Å². The largest absolute Gasteiger partial charge is 0.378 e. The SMILES string of the molecule is CC(N)OC(C)COCC(COC(C)CC(C)OC(C)N)CS(=O)(=O)O. The van der Waals surface area contributed by atoms with E-state index in [1.165, 1.54) is 0 Å². The molecular weight excluding hydrogens is 364 g/mol. The molecule has 0 amide bonds. The Morgan fingerprint density at radius 3 is 1.88 bits per heavy atom. The molecule has 0 aliphatic heterocycles. The van der Waals surface area contributed by atoms with E-state index in [0.717, 1.165) is 0 Å². The zero-order chi connectivity index (χ0) is 20.3. The number of hydrogen-bond acceptors (Lipinski definition) is 8. The Labute approximate surface area is 157 Å². The summed E-state index contributed by atoms with van der Waals surface area (Å²) in [5.41, 5.74) is 11.1. The van der Waals surface area contributed by atoms with Crippen molar-refractivity contribution in [1.29, 1.82) is 0 Å². The summed E-state index contributed by atoms with van der Waals surface area (Å²) < 4.78 is 53.5. The van der Waals surface area contributed by atoms with Crippen molar-refractivity contribution >= 4 is 10.1 Å². The van der Waals surface area contributed by atoms with Crippen LogP contribution in [-0.2, 0) is 29.1 Å². The number of nitrogens with two attached hydrogens (primary N) is 2. The molecule has 0 aromatic carbocycles. The van der Waals surface area contributed by atoms with Crippen LogP contribution in [0.1, 0.15) is 41.0 Å². The van der Waals surface area contributed by atoms with E-state index in [9.17, 15) is 8.42 Å². The summed E-state index contributed by atoms with van der Waals surface area (Å²) in [6.07, 6.45) is -0.631. The summed E-state index contributed by atoms with van der Waals surface area (Å²) in [6, 6.07) is 0. The number of ether oxygens (including phenoxy) is 4. The second kappa shape index (κ2) is 12.9. The molecule has 0 aliphatic rings. The van der Waals surface area contributed by atoms with Gasteiger partial charge >= 0.3 is 0 Å². The second-order valence-corrected chi connectivity index (χ2v) is 8.33. The first-order valence-corrected chi connectivity index (χ1v) is 10.5. The van der Waals surface area contributed by atoms with Crippen LogP contribution in [0.15, 0.2) is 0 Å². The minimum Gasteiger partial charge on any atom is -0.378 e. The molecule has 0 saturated carbocycles. The molecule has 0 fully saturated rings. The van der Waals surface area contributed by atoms with E-state index in [1.807, 2.05) is 13.8 Å². The van der Waals surface area contributed by atoms with Crippen LogP contribution in [-0.4, -0.2) is 69.3 Å². The van der Waals surface area contributed by atoms with Crippen molar-refractivity contribution in [2.75, 3.05) is 25.6 Å². The number of hydrogen-bond donors (Lipinski definition) is 3.